The van der Waals surface area contributed by atoms with Gasteiger partial charge >= 0.3 is 0 Å². The van der Waals surface area contributed by atoms with Gasteiger partial charge in [0.25, 0.3) is 0 Å². The molecular formula is C29H26BrNO2S. The maximum Gasteiger partial charge on any atom is 0.119 e. The normalized spacial score (nSPS) is 9.82. The standard InChI is InChI=1S/C29H26BrNO2S/c1-3-5-19-32-24-13-7-22(8-14-24)11-17-27-26(21-31)29(30)28(34-27)18-12-23-9-15-25(16-10-23)33-20-6-4-2/h7-10,13-16H,3-6,19-20H2,1-2H3. The quantitative estimate of drug-likeness (QED) is 0.222. The molecule has 1 aromatic heterocycles. The second-order valence-electron chi connectivity index (χ2n) is 7.51. The Bertz CT molecular complexity index is 1250. The van der Waals surface area contributed by atoms with E-state index in [1.165, 1.54) is 11.3 Å². The van der Waals surface area contributed by atoms with E-state index in [9.17, 15) is 5.26 Å². The summed E-state index contributed by atoms with van der Waals surface area (Å²) in [5.74, 6) is 14.3. The van der Waals surface area contributed by atoms with Gasteiger partial charge in [-0.25, -0.2) is 0 Å². The first-order chi connectivity index (χ1) is 16.6. The highest BCUT2D eigenvalue weighted by atomic mass is 79.9. The van der Waals surface area contributed by atoms with Crippen LogP contribution in [0.25, 0.3) is 0 Å². The predicted octanol–water partition coefficient (Wildman–Crippen LogP) is 7.54. The Hall–Kier alpha value is -3.17. The van der Waals surface area contributed by atoms with Crippen molar-refractivity contribution in [2.45, 2.75) is 39.5 Å². The zero-order valence-corrected chi connectivity index (χ0v) is 21.8. The molecule has 3 rings (SSSR count). The van der Waals surface area contributed by atoms with E-state index in [-0.39, 0.29) is 0 Å². The van der Waals surface area contributed by atoms with Gasteiger partial charge < -0.3 is 9.47 Å². The smallest absolute Gasteiger partial charge is 0.119 e. The van der Waals surface area contributed by atoms with Crippen LogP contribution < -0.4 is 9.47 Å². The van der Waals surface area contributed by atoms with Crippen LogP contribution in [-0.4, -0.2) is 13.2 Å². The van der Waals surface area contributed by atoms with Crippen molar-refractivity contribution < 1.29 is 9.47 Å². The molecule has 3 nitrogen and oxygen atoms in total. The first-order valence-electron chi connectivity index (χ1n) is 11.4. The summed E-state index contributed by atoms with van der Waals surface area (Å²) < 4.78 is 12.1. The Morgan fingerprint density at radius 1 is 0.735 bits per heavy atom. The number of thiophene rings is 1. The molecule has 0 unspecified atom stereocenters. The van der Waals surface area contributed by atoms with Crippen LogP contribution in [0.1, 0.15) is 66.0 Å². The van der Waals surface area contributed by atoms with Crippen LogP contribution >= 0.6 is 27.3 Å². The van der Waals surface area contributed by atoms with Crippen molar-refractivity contribution >= 4 is 27.3 Å². The molecule has 2 aromatic carbocycles. The van der Waals surface area contributed by atoms with E-state index in [2.05, 4.69) is 59.5 Å². The highest BCUT2D eigenvalue weighted by Crippen LogP contribution is 2.32. The third-order valence-corrected chi connectivity index (χ3v) is 6.92. The number of benzene rings is 2. The molecular weight excluding hydrogens is 506 g/mol. The molecule has 0 bridgehead atoms. The van der Waals surface area contributed by atoms with E-state index in [0.717, 1.165) is 66.4 Å². The van der Waals surface area contributed by atoms with Gasteiger partial charge in [0.15, 0.2) is 0 Å². The molecule has 0 aliphatic rings. The molecule has 172 valence electrons. The average molecular weight is 533 g/mol. The summed E-state index contributed by atoms with van der Waals surface area (Å²) in [6, 6.07) is 17.7. The third kappa shape index (κ3) is 7.43. The number of nitriles is 1. The summed E-state index contributed by atoms with van der Waals surface area (Å²) in [6.07, 6.45) is 4.29. The fourth-order valence-corrected chi connectivity index (χ4v) is 4.48. The van der Waals surface area contributed by atoms with Gasteiger partial charge in [0.1, 0.15) is 17.6 Å². The Balaban J connectivity index is 1.72. The van der Waals surface area contributed by atoms with Gasteiger partial charge in [0, 0.05) is 11.1 Å². The Morgan fingerprint density at radius 2 is 1.21 bits per heavy atom. The molecule has 0 atom stereocenters. The predicted molar refractivity (Wildman–Crippen MR) is 142 cm³/mol. The van der Waals surface area contributed by atoms with Gasteiger partial charge in [-0.3, -0.25) is 0 Å². The van der Waals surface area contributed by atoms with Crippen molar-refractivity contribution in [3.05, 3.63) is 79.4 Å². The van der Waals surface area contributed by atoms with Gasteiger partial charge in [-0.05, 0) is 89.1 Å². The minimum absolute atomic E-state index is 0.515. The average Bonchev–Trinajstić information content (AvgIpc) is 3.17. The maximum absolute atomic E-state index is 9.63. The molecule has 0 saturated heterocycles. The summed E-state index contributed by atoms with van der Waals surface area (Å²) in [4.78, 5) is 1.48. The van der Waals surface area contributed by atoms with Gasteiger partial charge in [0.05, 0.1) is 33.0 Å². The topological polar surface area (TPSA) is 42.2 Å². The molecule has 0 amide bonds. The molecule has 1 heterocycles. The summed E-state index contributed by atoms with van der Waals surface area (Å²) >= 11 is 4.95. The number of hydrogen-bond donors (Lipinski definition) is 0. The van der Waals surface area contributed by atoms with Crippen molar-refractivity contribution in [3.63, 3.8) is 0 Å². The first-order valence-corrected chi connectivity index (χ1v) is 13.0. The molecule has 0 saturated carbocycles. The van der Waals surface area contributed by atoms with Crippen LogP contribution in [0.15, 0.2) is 53.0 Å². The van der Waals surface area contributed by atoms with Crippen molar-refractivity contribution in [1.82, 2.24) is 0 Å². The van der Waals surface area contributed by atoms with Crippen LogP contribution in [0.4, 0.5) is 0 Å². The molecule has 0 N–H and O–H groups in total. The SMILES string of the molecule is CCCCOc1ccc(C#Cc2sc(C#Cc3ccc(OCCCC)cc3)c(C#N)c2Br)cc1. The number of halogens is 1. The Kier molecular flexibility index (Phi) is 10.1. The zero-order valence-electron chi connectivity index (χ0n) is 19.4. The fourth-order valence-electron chi connectivity index (χ4n) is 2.87. The van der Waals surface area contributed by atoms with Crippen molar-refractivity contribution in [3.8, 4) is 41.2 Å². The minimum Gasteiger partial charge on any atom is -0.494 e. The molecule has 0 aliphatic heterocycles. The molecule has 0 aliphatic carbocycles. The number of unbranched alkanes of at least 4 members (excludes halogenated alkanes) is 2. The largest absolute Gasteiger partial charge is 0.494 e. The third-order valence-electron chi connectivity index (χ3n) is 4.84. The first kappa shape index (κ1) is 25.5. The van der Waals surface area contributed by atoms with E-state index in [0.29, 0.717) is 14.9 Å². The lowest BCUT2D eigenvalue weighted by molar-refractivity contribution is 0.309. The Morgan fingerprint density at radius 3 is 1.65 bits per heavy atom. The lowest BCUT2D eigenvalue weighted by Crippen LogP contribution is -1.95. The molecule has 0 radical (unpaired) electrons. The van der Waals surface area contributed by atoms with E-state index in [4.69, 9.17) is 9.47 Å². The fraction of sp³-hybridized carbons (Fsp3) is 0.276. The van der Waals surface area contributed by atoms with Crippen LogP contribution in [0.2, 0.25) is 0 Å². The summed E-state index contributed by atoms with van der Waals surface area (Å²) in [5, 5.41) is 9.63. The van der Waals surface area contributed by atoms with E-state index >= 15 is 0 Å². The molecule has 3 aromatic rings. The summed E-state index contributed by atoms with van der Waals surface area (Å²) in [7, 11) is 0. The number of rotatable bonds is 8. The number of nitrogens with zero attached hydrogens (tertiary/aromatic N) is 1. The molecule has 0 fully saturated rings. The van der Waals surface area contributed by atoms with Crippen LogP contribution in [0.5, 0.6) is 11.5 Å². The van der Waals surface area contributed by atoms with Gasteiger partial charge in [-0.2, -0.15) is 5.26 Å². The van der Waals surface area contributed by atoms with Gasteiger partial charge in [-0.1, -0.05) is 38.5 Å². The highest BCUT2D eigenvalue weighted by molar-refractivity contribution is 9.10. The van der Waals surface area contributed by atoms with Crippen molar-refractivity contribution in [2.24, 2.45) is 0 Å². The van der Waals surface area contributed by atoms with E-state index < -0.39 is 0 Å². The van der Waals surface area contributed by atoms with Crippen LogP contribution in [-0.2, 0) is 0 Å². The highest BCUT2D eigenvalue weighted by Gasteiger charge is 2.13. The lowest BCUT2D eigenvalue weighted by Gasteiger charge is -2.04. The summed E-state index contributed by atoms with van der Waals surface area (Å²) in [6.45, 7) is 5.72. The van der Waals surface area contributed by atoms with Gasteiger partial charge in [-0.15, -0.1) is 11.3 Å². The van der Waals surface area contributed by atoms with Crippen LogP contribution in [0, 0.1) is 35.0 Å². The van der Waals surface area contributed by atoms with Crippen molar-refractivity contribution in [1.29, 1.82) is 5.26 Å². The second-order valence-corrected chi connectivity index (χ2v) is 9.33. The second kappa shape index (κ2) is 13.5. The molecule has 0 spiro atoms. The maximum atomic E-state index is 9.63. The van der Waals surface area contributed by atoms with Crippen LogP contribution in [0.3, 0.4) is 0 Å². The van der Waals surface area contributed by atoms with Crippen molar-refractivity contribution in [2.75, 3.05) is 13.2 Å². The minimum atomic E-state index is 0.515. The van der Waals surface area contributed by atoms with E-state index in [1.807, 2.05) is 48.5 Å². The number of hydrogen-bond acceptors (Lipinski definition) is 4. The van der Waals surface area contributed by atoms with Gasteiger partial charge in [0.2, 0.25) is 0 Å². The summed E-state index contributed by atoms with van der Waals surface area (Å²) in [5.41, 5.74) is 2.27. The molecule has 34 heavy (non-hydrogen) atoms. The number of ether oxygens (including phenoxy) is 2. The van der Waals surface area contributed by atoms with E-state index in [1.54, 1.807) is 0 Å². The Labute approximate surface area is 214 Å². The lowest BCUT2D eigenvalue weighted by atomic mass is 10.2. The molecule has 5 heteroatoms. The monoisotopic (exact) mass is 531 g/mol. The zero-order chi connectivity index (χ0) is 24.2.